The van der Waals surface area contributed by atoms with Crippen molar-refractivity contribution in [3.63, 3.8) is 0 Å². The van der Waals surface area contributed by atoms with E-state index in [2.05, 4.69) is 25.0 Å². The van der Waals surface area contributed by atoms with Crippen molar-refractivity contribution in [2.24, 2.45) is 5.10 Å². The highest BCUT2D eigenvalue weighted by Crippen LogP contribution is 2.33. The smallest absolute Gasteiger partial charge is 0.311 e. The lowest BCUT2D eigenvalue weighted by Crippen LogP contribution is -2.32. The standard InChI is InChI=1S/C26H21ClN6O5/c1-15-18(26(36)31-25(30-15)24-28-9-3-10-29-24)12-23(35)38-14-22(34)33-20(21-4-2-11-37-21)13-19(32-33)16-5-7-17(27)8-6-16/h2-11,20H,12-14H2,1H3,(H,30,31,36). The number of halogens is 1. The Morgan fingerprint density at radius 3 is 2.61 bits per heavy atom. The summed E-state index contributed by atoms with van der Waals surface area (Å²) in [4.78, 5) is 53.2. The molecule has 0 saturated heterocycles. The van der Waals surface area contributed by atoms with Crippen molar-refractivity contribution >= 4 is 29.2 Å². The maximum atomic E-state index is 13.1. The van der Waals surface area contributed by atoms with Crippen LogP contribution in [0.25, 0.3) is 11.6 Å². The van der Waals surface area contributed by atoms with Gasteiger partial charge in [0.05, 0.1) is 18.4 Å². The Labute approximate surface area is 221 Å². The maximum Gasteiger partial charge on any atom is 0.311 e. The second-order valence-corrected chi connectivity index (χ2v) is 8.85. The normalized spacial score (nSPS) is 14.8. The van der Waals surface area contributed by atoms with E-state index in [-0.39, 0.29) is 23.6 Å². The number of hydrazone groups is 1. The summed E-state index contributed by atoms with van der Waals surface area (Å²) in [5, 5.41) is 6.32. The first-order valence-electron chi connectivity index (χ1n) is 11.6. The summed E-state index contributed by atoms with van der Waals surface area (Å²) in [7, 11) is 0. The molecule has 11 nitrogen and oxygen atoms in total. The fourth-order valence-electron chi connectivity index (χ4n) is 4.01. The first kappa shape index (κ1) is 25.0. The molecule has 0 aliphatic carbocycles. The van der Waals surface area contributed by atoms with Crippen LogP contribution in [-0.2, 0) is 20.7 Å². The van der Waals surface area contributed by atoms with Crippen molar-refractivity contribution in [1.29, 1.82) is 0 Å². The Hall–Kier alpha value is -4.64. The van der Waals surface area contributed by atoms with Crippen LogP contribution in [0.4, 0.5) is 0 Å². The van der Waals surface area contributed by atoms with Crippen LogP contribution in [0.15, 0.2) is 75.4 Å². The first-order valence-corrected chi connectivity index (χ1v) is 12.0. The van der Waals surface area contributed by atoms with E-state index in [9.17, 15) is 14.4 Å². The summed E-state index contributed by atoms with van der Waals surface area (Å²) in [6.07, 6.45) is 4.62. The number of aromatic amines is 1. The zero-order chi connectivity index (χ0) is 26.6. The molecule has 0 bridgehead atoms. The van der Waals surface area contributed by atoms with E-state index in [0.717, 1.165) is 5.56 Å². The van der Waals surface area contributed by atoms with Crippen LogP contribution < -0.4 is 5.56 Å². The highest BCUT2D eigenvalue weighted by atomic mass is 35.5. The molecule has 3 aromatic heterocycles. The van der Waals surface area contributed by atoms with Gasteiger partial charge in [-0.25, -0.2) is 20.0 Å². The number of benzene rings is 1. The number of ether oxygens (including phenoxy) is 1. The predicted octanol–water partition coefficient (Wildman–Crippen LogP) is 3.25. The minimum Gasteiger partial charge on any atom is -0.467 e. The predicted molar refractivity (Wildman–Crippen MR) is 136 cm³/mol. The van der Waals surface area contributed by atoms with Gasteiger partial charge in [0, 0.05) is 35.1 Å². The van der Waals surface area contributed by atoms with Gasteiger partial charge in [0.15, 0.2) is 18.3 Å². The van der Waals surface area contributed by atoms with Crippen molar-refractivity contribution in [1.82, 2.24) is 24.9 Å². The Bertz CT molecular complexity index is 1550. The van der Waals surface area contributed by atoms with E-state index in [1.807, 2.05) is 12.1 Å². The van der Waals surface area contributed by atoms with Crippen molar-refractivity contribution in [2.45, 2.75) is 25.8 Å². The zero-order valence-electron chi connectivity index (χ0n) is 20.1. The van der Waals surface area contributed by atoms with Gasteiger partial charge in [-0.2, -0.15) is 5.10 Å². The van der Waals surface area contributed by atoms with Crippen LogP contribution in [0, 0.1) is 6.92 Å². The van der Waals surface area contributed by atoms with Gasteiger partial charge >= 0.3 is 5.97 Å². The fourth-order valence-corrected chi connectivity index (χ4v) is 4.14. The van der Waals surface area contributed by atoms with Crippen molar-refractivity contribution in [3.05, 3.63) is 99.1 Å². The average Bonchev–Trinajstić information content (AvgIpc) is 3.61. The summed E-state index contributed by atoms with van der Waals surface area (Å²) in [5.74, 6) is -0.305. The molecule has 5 rings (SSSR count). The molecule has 38 heavy (non-hydrogen) atoms. The van der Waals surface area contributed by atoms with Gasteiger partial charge in [-0.15, -0.1) is 0 Å². The van der Waals surface area contributed by atoms with E-state index < -0.39 is 30.1 Å². The van der Waals surface area contributed by atoms with Gasteiger partial charge in [-0.3, -0.25) is 14.4 Å². The van der Waals surface area contributed by atoms with Crippen LogP contribution in [-0.4, -0.2) is 49.1 Å². The summed E-state index contributed by atoms with van der Waals surface area (Å²) in [6, 6.07) is 11.7. The Balaban J connectivity index is 1.27. The summed E-state index contributed by atoms with van der Waals surface area (Å²) < 4.78 is 10.7. The molecule has 0 radical (unpaired) electrons. The number of esters is 1. The number of aromatic nitrogens is 4. The number of nitrogens with one attached hydrogen (secondary N) is 1. The number of nitrogens with zero attached hydrogens (tertiary/aromatic N) is 5. The molecule has 4 heterocycles. The summed E-state index contributed by atoms with van der Waals surface area (Å²) in [5.41, 5.74) is 1.41. The molecular weight excluding hydrogens is 512 g/mol. The molecule has 0 fully saturated rings. The third kappa shape index (κ3) is 5.37. The highest BCUT2D eigenvalue weighted by Gasteiger charge is 2.35. The molecule has 1 atom stereocenters. The fraction of sp³-hybridized carbons (Fsp3) is 0.192. The quantitative estimate of drug-likeness (QED) is 0.357. The topological polar surface area (TPSA) is 144 Å². The lowest BCUT2D eigenvalue weighted by atomic mass is 10.0. The number of hydrogen-bond donors (Lipinski definition) is 1. The maximum absolute atomic E-state index is 13.1. The monoisotopic (exact) mass is 532 g/mol. The summed E-state index contributed by atoms with van der Waals surface area (Å²) >= 11 is 5.99. The average molecular weight is 533 g/mol. The number of furan rings is 1. The molecule has 0 saturated carbocycles. The number of hydrogen-bond acceptors (Lipinski definition) is 9. The largest absolute Gasteiger partial charge is 0.467 e. The molecule has 1 aliphatic heterocycles. The number of carbonyl (C=O) groups excluding carboxylic acids is 2. The molecule has 192 valence electrons. The second-order valence-electron chi connectivity index (χ2n) is 8.42. The van der Waals surface area contributed by atoms with Crippen LogP contribution >= 0.6 is 11.6 Å². The number of aryl methyl sites for hydroxylation is 1. The van der Waals surface area contributed by atoms with E-state index in [1.54, 1.807) is 37.3 Å². The van der Waals surface area contributed by atoms with Crippen LogP contribution in [0.5, 0.6) is 0 Å². The lowest BCUT2D eigenvalue weighted by Gasteiger charge is -2.19. The molecule has 1 amide bonds. The van der Waals surface area contributed by atoms with Crippen LogP contribution in [0.2, 0.25) is 5.02 Å². The van der Waals surface area contributed by atoms with E-state index in [4.69, 9.17) is 20.8 Å². The molecule has 1 aromatic carbocycles. The minimum atomic E-state index is -0.756. The van der Waals surface area contributed by atoms with Gasteiger partial charge in [0.1, 0.15) is 11.8 Å². The van der Waals surface area contributed by atoms with Gasteiger partial charge in [-0.1, -0.05) is 23.7 Å². The van der Waals surface area contributed by atoms with Gasteiger partial charge in [-0.05, 0) is 42.8 Å². The SMILES string of the molecule is Cc1nc(-c2ncccn2)[nH]c(=O)c1CC(=O)OCC(=O)N1N=C(c2ccc(Cl)cc2)CC1c1ccco1. The Morgan fingerprint density at radius 1 is 1.16 bits per heavy atom. The van der Waals surface area contributed by atoms with E-state index in [0.29, 0.717) is 28.6 Å². The minimum absolute atomic E-state index is 0.125. The third-order valence-electron chi connectivity index (χ3n) is 5.89. The number of rotatable bonds is 7. The Morgan fingerprint density at radius 2 is 1.92 bits per heavy atom. The Kier molecular flexibility index (Phi) is 7.09. The number of H-pyrrole nitrogens is 1. The van der Waals surface area contributed by atoms with E-state index in [1.165, 1.54) is 23.7 Å². The third-order valence-corrected chi connectivity index (χ3v) is 6.14. The molecule has 4 aromatic rings. The second kappa shape index (κ2) is 10.8. The van der Waals surface area contributed by atoms with Crippen LogP contribution in [0.3, 0.4) is 0 Å². The molecule has 1 aliphatic rings. The molecule has 12 heteroatoms. The van der Waals surface area contributed by atoms with E-state index >= 15 is 0 Å². The zero-order valence-corrected chi connectivity index (χ0v) is 20.9. The van der Waals surface area contributed by atoms with Gasteiger partial charge in [0.25, 0.3) is 11.5 Å². The van der Waals surface area contributed by atoms with Crippen molar-refractivity contribution in [3.8, 4) is 11.6 Å². The number of amides is 1. The van der Waals surface area contributed by atoms with Crippen molar-refractivity contribution < 1.29 is 18.7 Å². The molecular formula is C26H21ClN6O5. The summed E-state index contributed by atoms with van der Waals surface area (Å²) in [6.45, 7) is 1.04. The van der Waals surface area contributed by atoms with Gasteiger partial charge in [0.2, 0.25) is 0 Å². The lowest BCUT2D eigenvalue weighted by molar-refractivity contribution is -0.152. The number of carbonyl (C=O) groups is 2. The van der Waals surface area contributed by atoms with Crippen LogP contribution in [0.1, 0.15) is 35.0 Å². The van der Waals surface area contributed by atoms with Crippen molar-refractivity contribution in [2.75, 3.05) is 6.61 Å². The van der Waals surface area contributed by atoms with Gasteiger partial charge < -0.3 is 14.1 Å². The first-order chi connectivity index (χ1) is 18.4. The molecule has 1 N–H and O–H groups in total. The highest BCUT2D eigenvalue weighted by molar-refractivity contribution is 6.30. The molecule has 1 unspecified atom stereocenters. The molecule has 0 spiro atoms.